The molecule has 0 aliphatic rings. The zero-order chi connectivity index (χ0) is 12.7. The predicted octanol–water partition coefficient (Wildman–Crippen LogP) is 2.89. The third-order valence-electron chi connectivity index (χ3n) is 3.41. The molecule has 3 nitrogen and oxygen atoms in total. The van der Waals surface area contributed by atoms with E-state index in [9.17, 15) is 0 Å². The average Bonchev–Trinajstić information content (AvgIpc) is 2.35. The highest BCUT2D eigenvalue weighted by Gasteiger charge is 2.09. The van der Waals surface area contributed by atoms with Crippen molar-refractivity contribution in [2.45, 2.75) is 39.5 Å². The minimum atomic E-state index is 0.499. The molecule has 0 fully saturated rings. The van der Waals surface area contributed by atoms with Gasteiger partial charge in [-0.3, -0.25) is 0 Å². The fraction of sp³-hybridized carbons (Fsp3) is 0.643. The molecule has 0 spiro atoms. The van der Waals surface area contributed by atoms with E-state index in [0.717, 1.165) is 13.1 Å². The van der Waals surface area contributed by atoms with Crippen LogP contribution in [0.2, 0.25) is 0 Å². The Kier molecular flexibility index (Phi) is 5.98. The van der Waals surface area contributed by atoms with Gasteiger partial charge in [-0.05, 0) is 50.0 Å². The first-order valence-corrected chi connectivity index (χ1v) is 6.61. The van der Waals surface area contributed by atoms with Crippen LogP contribution in [0, 0.1) is 0 Å². The molecule has 3 heteroatoms. The molecule has 0 amide bonds. The number of nitrogen functional groups attached to an aromatic ring is 1. The van der Waals surface area contributed by atoms with E-state index < -0.39 is 0 Å². The molecule has 1 heterocycles. The smallest absolute Gasteiger partial charge is 0.126 e. The maximum atomic E-state index is 5.88. The van der Waals surface area contributed by atoms with E-state index in [1.54, 1.807) is 6.20 Å². The van der Waals surface area contributed by atoms with E-state index in [1.807, 2.05) is 6.07 Å². The number of nitrogens with zero attached hydrogens (tertiary/aromatic N) is 2. The Morgan fingerprint density at radius 3 is 2.65 bits per heavy atom. The van der Waals surface area contributed by atoms with Crippen LogP contribution in [-0.4, -0.2) is 29.5 Å². The zero-order valence-electron chi connectivity index (χ0n) is 11.3. The van der Waals surface area contributed by atoms with Gasteiger partial charge in [0.05, 0.1) is 0 Å². The summed E-state index contributed by atoms with van der Waals surface area (Å²) in [6, 6.07) is 4.05. The number of rotatable bonds is 7. The van der Waals surface area contributed by atoms with Crippen molar-refractivity contribution in [2.24, 2.45) is 0 Å². The Bertz CT molecular complexity index is 321. The molecule has 0 radical (unpaired) electrons. The van der Waals surface area contributed by atoms with Crippen LogP contribution in [-0.2, 0) is 0 Å². The van der Waals surface area contributed by atoms with E-state index in [-0.39, 0.29) is 0 Å². The van der Waals surface area contributed by atoms with Gasteiger partial charge in [-0.25, -0.2) is 4.98 Å². The van der Waals surface area contributed by atoms with Crippen LogP contribution >= 0.6 is 0 Å². The van der Waals surface area contributed by atoms with Crippen LogP contribution in [0.25, 0.3) is 0 Å². The Morgan fingerprint density at radius 1 is 1.35 bits per heavy atom. The van der Waals surface area contributed by atoms with Crippen LogP contribution in [0.15, 0.2) is 18.3 Å². The summed E-state index contributed by atoms with van der Waals surface area (Å²) in [5.74, 6) is 1.18. The first-order valence-electron chi connectivity index (χ1n) is 6.61. The van der Waals surface area contributed by atoms with E-state index in [1.165, 1.54) is 24.9 Å². The molecule has 0 aromatic carbocycles. The van der Waals surface area contributed by atoms with Crippen LogP contribution in [0.4, 0.5) is 5.82 Å². The van der Waals surface area contributed by atoms with Crippen molar-refractivity contribution >= 4 is 5.82 Å². The summed E-state index contributed by atoms with van der Waals surface area (Å²) < 4.78 is 0. The molecule has 0 aliphatic carbocycles. The Labute approximate surface area is 105 Å². The predicted molar refractivity (Wildman–Crippen MR) is 74.1 cm³/mol. The second-order valence-electron chi connectivity index (χ2n) is 4.55. The molecular weight excluding hydrogens is 210 g/mol. The number of aromatic nitrogens is 1. The highest BCUT2D eigenvalue weighted by molar-refractivity contribution is 5.40. The second-order valence-corrected chi connectivity index (χ2v) is 4.55. The number of hydrogen-bond donors (Lipinski definition) is 1. The average molecular weight is 235 g/mol. The lowest BCUT2D eigenvalue weighted by Crippen LogP contribution is -2.24. The Morgan fingerprint density at radius 2 is 2.06 bits per heavy atom. The fourth-order valence-electron chi connectivity index (χ4n) is 2.16. The zero-order valence-corrected chi connectivity index (χ0v) is 11.3. The molecule has 2 N–H and O–H groups in total. The molecule has 96 valence electrons. The van der Waals surface area contributed by atoms with Gasteiger partial charge in [0.15, 0.2) is 0 Å². The van der Waals surface area contributed by atoms with Crippen molar-refractivity contribution in [1.82, 2.24) is 9.88 Å². The lowest BCUT2D eigenvalue weighted by atomic mass is 9.96. The summed E-state index contributed by atoms with van der Waals surface area (Å²) in [7, 11) is 0. The number of nitrogens with two attached hydrogens (primary N) is 1. The monoisotopic (exact) mass is 235 g/mol. The summed E-state index contributed by atoms with van der Waals surface area (Å²) in [5, 5.41) is 0. The van der Waals surface area contributed by atoms with E-state index >= 15 is 0 Å². The third-order valence-corrected chi connectivity index (χ3v) is 3.41. The van der Waals surface area contributed by atoms with Crippen molar-refractivity contribution in [1.29, 1.82) is 0 Å². The second kappa shape index (κ2) is 7.28. The van der Waals surface area contributed by atoms with Crippen molar-refractivity contribution < 1.29 is 0 Å². The van der Waals surface area contributed by atoms with Gasteiger partial charge in [0.25, 0.3) is 0 Å². The third kappa shape index (κ3) is 4.35. The van der Waals surface area contributed by atoms with Crippen LogP contribution < -0.4 is 5.73 Å². The summed E-state index contributed by atoms with van der Waals surface area (Å²) in [5.41, 5.74) is 7.07. The van der Waals surface area contributed by atoms with Crippen molar-refractivity contribution in [2.75, 3.05) is 25.4 Å². The summed E-state index contributed by atoms with van der Waals surface area (Å²) in [4.78, 5) is 6.60. The summed E-state index contributed by atoms with van der Waals surface area (Å²) >= 11 is 0. The maximum Gasteiger partial charge on any atom is 0.126 e. The number of hydrogen-bond acceptors (Lipinski definition) is 3. The SMILES string of the molecule is CCN(CC)CCC[C@@H](C)c1cccnc1N. The van der Waals surface area contributed by atoms with Crippen molar-refractivity contribution in [3.05, 3.63) is 23.9 Å². The van der Waals surface area contributed by atoms with Gasteiger partial charge in [0.1, 0.15) is 5.82 Å². The summed E-state index contributed by atoms with van der Waals surface area (Å²) in [6.45, 7) is 10.1. The van der Waals surface area contributed by atoms with E-state index in [0.29, 0.717) is 11.7 Å². The molecule has 1 aromatic rings. The largest absolute Gasteiger partial charge is 0.383 e. The lowest BCUT2D eigenvalue weighted by Gasteiger charge is -2.19. The van der Waals surface area contributed by atoms with Crippen LogP contribution in [0.5, 0.6) is 0 Å². The van der Waals surface area contributed by atoms with Crippen molar-refractivity contribution in [3.8, 4) is 0 Å². The number of anilines is 1. The van der Waals surface area contributed by atoms with Gasteiger partial charge in [-0.2, -0.15) is 0 Å². The van der Waals surface area contributed by atoms with E-state index in [2.05, 4.69) is 36.7 Å². The topological polar surface area (TPSA) is 42.2 Å². The fourth-order valence-corrected chi connectivity index (χ4v) is 2.16. The maximum absolute atomic E-state index is 5.88. The molecule has 1 aromatic heterocycles. The standard InChI is InChI=1S/C14H25N3/c1-4-17(5-2)11-7-8-12(3)13-9-6-10-16-14(13)15/h6,9-10,12H,4-5,7-8,11H2,1-3H3,(H2,15,16)/t12-/m1/s1. The lowest BCUT2D eigenvalue weighted by molar-refractivity contribution is 0.294. The van der Waals surface area contributed by atoms with Crippen LogP contribution in [0.1, 0.15) is 45.1 Å². The number of pyridine rings is 1. The minimum Gasteiger partial charge on any atom is -0.383 e. The molecular formula is C14H25N3. The van der Waals surface area contributed by atoms with E-state index in [4.69, 9.17) is 5.73 Å². The van der Waals surface area contributed by atoms with Crippen LogP contribution in [0.3, 0.4) is 0 Å². The molecule has 0 saturated heterocycles. The molecule has 0 unspecified atom stereocenters. The Hall–Kier alpha value is -1.09. The highest BCUT2D eigenvalue weighted by Crippen LogP contribution is 2.24. The first-order chi connectivity index (χ1) is 8.19. The minimum absolute atomic E-state index is 0.499. The van der Waals surface area contributed by atoms with Gasteiger partial charge in [-0.15, -0.1) is 0 Å². The summed E-state index contributed by atoms with van der Waals surface area (Å²) in [6.07, 6.45) is 4.14. The molecule has 1 rings (SSSR count). The van der Waals surface area contributed by atoms with Gasteiger partial charge in [-0.1, -0.05) is 26.8 Å². The molecule has 0 saturated carbocycles. The van der Waals surface area contributed by atoms with Gasteiger partial charge < -0.3 is 10.6 Å². The molecule has 1 atom stereocenters. The highest BCUT2D eigenvalue weighted by atomic mass is 15.1. The van der Waals surface area contributed by atoms with Gasteiger partial charge >= 0.3 is 0 Å². The quantitative estimate of drug-likeness (QED) is 0.790. The molecule has 17 heavy (non-hydrogen) atoms. The van der Waals surface area contributed by atoms with Crippen molar-refractivity contribution in [3.63, 3.8) is 0 Å². The molecule has 0 bridgehead atoms. The first kappa shape index (κ1) is 14.0. The Balaban J connectivity index is 2.40. The van der Waals surface area contributed by atoms with Gasteiger partial charge in [0.2, 0.25) is 0 Å². The molecule has 0 aliphatic heterocycles. The van der Waals surface area contributed by atoms with Gasteiger partial charge in [0, 0.05) is 6.20 Å². The normalized spacial score (nSPS) is 12.9.